The van der Waals surface area contributed by atoms with Gasteiger partial charge in [-0.25, -0.2) is 4.39 Å². The van der Waals surface area contributed by atoms with E-state index in [1.54, 1.807) is 12.1 Å². The van der Waals surface area contributed by atoms with Gasteiger partial charge in [0.05, 0.1) is 17.7 Å². The van der Waals surface area contributed by atoms with Crippen molar-refractivity contribution in [2.24, 2.45) is 0 Å². The number of hydrogen-bond donors (Lipinski definition) is 1. The first-order valence-electron chi connectivity index (χ1n) is 6.54. The Morgan fingerprint density at radius 3 is 3.05 bits per heavy atom. The molecule has 1 fully saturated rings. The molecular weight excluding hydrogens is 267 g/mol. The Labute approximate surface area is 118 Å². The van der Waals surface area contributed by atoms with Crippen LogP contribution >= 0.6 is 11.6 Å². The summed E-state index contributed by atoms with van der Waals surface area (Å²) in [6, 6.07) is 4.95. The first-order valence-corrected chi connectivity index (χ1v) is 6.92. The van der Waals surface area contributed by atoms with Crippen LogP contribution in [0.5, 0.6) is 0 Å². The third kappa shape index (κ3) is 4.14. The Bertz CT molecular complexity index is 430. The van der Waals surface area contributed by atoms with Crippen molar-refractivity contribution in [2.75, 3.05) is 33.3 Å². The number of ether oxygens (including phenoxy) is 1. The second kappa shape index (κ2) is 6.66. The molecule has 1 N–H and O–H groups in total. The summed E-state index contributed by atoms with van der Waals surface area (Å²) in [4.78, 5) is 2.26. The number of nitrogens with one attached hydrogen (secondary N) is 1. The lowest BCUT2D eigenvalue weighted by atomic mass is 10.1. The van der Waals surface area contributed by atoms with Crippen LogP contribution in [0.4, 0.5) is 4.39 Å². The lowest BCUT2D eigenvalue weighted by Gasteiger charge is -2.31. The number of benzene rings is 1. The van der Waals surface area contributed by atoms with E-state index in [0.29, 0.717) is 0 Å². The summed E-state index contributed by atoms with van der Waals surface area (Å²) >= 11 is 5.79. The van der Waals surface area contributed by atoms with Gasteiger partial charge in [0.1, 0.15) is 5.82 Å². The number of likely N-dealkylation sites (N-methyl/N-ethyl adjacent to an activating group) is 1. The minimum absolute atomic E-state index is 0.119. The van der Waals surface area contributed by atoms with Gasteiger partial charge < -0.3 is 15.0 Å². The van der Waals surface area contributed by atoms with Crippen molar-refractivity contribution >= 4 is 11.6 Å². The first-order chi connectivity index (χ1) is 9.06. The molecule has 0 unspecified atom stereocenters. The van der Waals surface area contributed by atoms with Crippen LogP contribution in [0, 0.1) is 5.82 Å². The molecule has 2 atom stereocenters. The quantitative estimate of drug-likeness (QED) is 0.920. The zero-order valence-electron chi connectivity index (χ0n) is 11.3. The molecule has 106 valence electrons. The Morgan fingerprint density at radius 1 is 1.58 bits per heavy atom. The Kier molecular flexibility index (Phi) is 5.16. The third-order valence-corrected chi connectivity index (χ3v) is 3.73. The Balaban J connectivity index is 1.86. The molecule has 1 aromatic rings. The molecule has 0 aliphatic carbocycles. The summed E-state index contributed by atoms with van der Waals surface area (Å²) < 4.78 is 18.8. The van der Waals surface area contributed by atoms with E-state index in [4.69, 9.17) is 16.3 Å². The van der Waals surface area contributed by atoms with E-state index in [1.165, 1.54) is 6.07 Å². The monoisotopic (exact) mass is 286 g/mol. The van der Waals surface area contributed by atoms with Crippen molar-refractivity contribution in [3.8, 4) is 0 Å². The molecule has 0 saturated carbocycles. The van der Waals surface area contributed by atoms with Crippen LogP contribution in [0.25, 0.3) is 0 Å². The van der Waals surface area contributed by atoms with Gasteiger partial charge in [0.25, 0.3) is 0 Å². The molecule has 0 spiro atoms. The molecule has 0 amide bonds. The van der Waals surface area contributed by atoms with Gasteiger partial charge in [-0.2, -0.15) is 0 Å². The molecule has 0 bridgehead atoms. The Morgan fingerprint density at radius 2 is 2.37 bits per heavy atom. The standard InChI is InChI=1S/C14H20ClFN2O/c1-10(11-3-4-14(16)13(15)7-11)17-8-12-9-18(2)5-6-19-12/h3-4,7,10,12,17H,5-6,8-9H2,1-2H3/t10-,12-/m0/s1. The Hall–Kier alpha value is -0.680. The predicted molar refractivity (Wildman–Crippen MR) is 75.1 cm³/mol. The maximum atomic E-state index is 13.1. The third-order valence-electron chi connectivity index (χ3n) is 3.44. The molecule has 2 rings (SSSR count). The van der Waals surface area contributed by atoms with E-state index in [0.717, 1.165) is 31.8 Å². The highest BCUT2D eigenvalue weighted by atomic mass is 35.5. The highest BCUT2D eigenvalue weighted by Gasteiger charge is 2.18. The van der Waals surface area contributed by atoms with Gasteiger partial charge in [-0.15, -0.1) is 0 Å². The van der Waals surface area contributed by atoms with Crippen molar-refractivity contribution in [1.29, 1.82) is 0 Å². The SMILES string of the molecule is C[C@H](NC[C@H]1CN(C)CCO1)c1ccc(F)c(Cl)c1. The summed E-state index contributed by atoms with van der Waals surface area (Å²) in [5.41, 5.74) is 0.982. The second-order valence-electron chi connectivity index (χ2n) is 5.06. The molecular formula is C14H20ClFN2O. The van der Waals surface area contributed by atoms with Crippen molar-refractivity contribution in [2.45, 2.75) is 19.1 Å². The van der Waals surface area contributed by atoms with E-state index in [-0.39, 0.29) is 23.0 Å². The molecule has 3 nitrogen and oxygen atoms in total. The van der Waals surface area contributed by atoms with Gasteiger partial charge in [-0.1, -0.05) is 17.7 Å². The van der Waals surface area contributed by atoms with Gasteiger partial charge in [-0.05, 0) is 31.7 Å². The van der Waals surface area contributed by atoms with Crippen molar-refractivity contribution in [3.63, 3.8) is 0 Å². The van der Waals surface area contributed by atoms with E-state index >= 15 is 0 Å². The van der Waals surface area contributed by atoms with Crippen molar-refractivity contribution < 1.29 is 9.13 Å². The molecule has 1 heterocycles. The number of morpholine rings is 1. The normalized spacial score (nSPS) is 22.4. The molecule has 1 aliphatic rings. The minimum Gasteiger partial charge on any atom is -0.374 e. The van der Waals surface area contributed by atoms with Gasteiger partial charge >= 0.3 is 0 Å². The predicted octanol–water partition coefficient (Wildman–Crippen LogP) is 2.46. The summed E-state index contributed by atoms with van der Waals surface area (Å²) in [5, 5.41) is 3.57. The fourth-order valence-corrected chi connectivity index (χ4v) is 2.39. The van der Waals surface area contributed by atoms with Crippen LogP contribution in [0.2, 0.25) is 5.02 Å². The smallest absolute Gasteiger partial charge is 0.141 e. The summed E-state index contributed by atoms with van der Waals surface area (Å²) in [7, 11) is 2.10. The van der Waals surface area contributed by atoms with E-state index < -0.39 is 0 Å². The molecule has 1 aliphatic heterocycles. The number of hydrogen-bond acceptors (Lipinski definition) is 3. The lowest BCUT2D eigenvalue weighted by molar-refractivity contribution is -0.0190. The van der Waals surface area contributed by atoms with E-state index in [9.17, 15) is 4.39 Å². The lowest BCUT2D eigenvalue weighted by Crippen LogP contribution is -2.45. The minimum atomic E-state index is -0.380. The maximum absolute atomic E-state index is 13.1. The molecule has 0 radical (unpaired) electrons. The van der Waals surface area contributed by atoms with Crippen LogP contribution in [-0.2, 0) is 4.74 Å². The van der Waals surface area contributed by atoms with Crippen LogP contribution in [-0.4, -0.2) is 44.3 Å². The van der Waals surface area contributed by atoms with Gasteiger partial charge in [0, 0.05) is 25.7 Å². The molecule has 1 aromatic carbocycles. The number of rotatable bonds is 4. The first kappa shape index (κ1) is 14.7. The van der Waals surface area contributed by atoms with Gasteiger partial charge in [-0.3, -0.25) is 0 Å². The van der Waals surface area contributed by atoms with Crippen LogP contribution < -0.4 is 5.32 Å². The highest BCUT2D eigenvalue weighted by Crippen LogP contribution is 2.20. The molecule has 0 aromatic heterocycles. The summed E-state index contributed by atoms with van der Waals surface area (Å²) in [6.07, 6.45) is 0.206. The van der Waals surface area contributed by atoms with Crippen molar-refractivity contribution in [3.05, 3.63) is 34.6 Å². The van der Waals surface area contributed by atoms with E-state index in [1.807, 2.05) is 6.92 Å². The van der Waals surface area contributed by atoms with Crippen LogP contribution in [0.15, 0.2) is 18.2 Å². The number of nitrogens with zero attached hydrogens (tertiary/aromatic N) is 1. The van der Waals surface area contributed by atoms with Gasteiger partial charge in [0.2, 0.25) is 0 Å². The fourth-order valence-electron chi connectivity index (χ4n) is 2.20. The topological polar surface area (TPSA) is 24.5 Å². The zero-order chi connectivity index (χ0) is 13.8. The van der Waals surface area contributed by atoms with Crippen LogP contribution in [0.1, 0.15) is 18.5 Å². The average Bonchev–Trinajstić information content (AvgIpc) is 2.39. The average molecular weight is 287 g/mol. The summed E-state index contributed by atoms with van der Waals surface area (Å²) in [5.74, 6) is -0.380. The summed E-state index contributed by atoms with van der Waals surface area (Å²) in [6.45, 7) is 5.51. The molecule has 19 heavy (non-hydrogen) atoms. The second-order valence-corrected chi connectivity index (χ2v) is 5.47. The van der Waals surface area contributed by atoms with Gasteiger partial charge in [0.15, 0.2) is 0 Å². The molecule has 1 saturated heterocycles. The molecule has 5 heteroatoms. The van der Waals surface area contributed by atoms with E-state index in [2.05, 4.69) is 17.3 Å². The maximum Gasteiger partial charge on any atom is 0.141 e. The largest absolute Gasteiger partial charge is 0.374 e. The van der Waals surface area contributed by atoms with Crippen LogP contribution in [0.3, 0.4) is 0 Å². The fraction of sp³-hybridized carbons (Fsp3) is 0.571. The van der Waals surface area contributed by atoms with Crippen molar-refractivity contribution in [1.82, 2.24) is 10.2 Å². The zero-order valence-corrected chi connectivity index (χ0v) is 12.1. The highest BCUT2D eigenvalue weighted by molar-refractivity contribution is 6.30. The number of halogens is 2.